The minimum Gasteiger partial charge on any atom is -0.370 e. The average molecular weight is 208 g/mol. The Hall–Kier alpha value is -1.46. The lowest BCUT2D eigenvalue weighted by Gasteiger charge is -2.36. The zero-order valence-corrected chi connectivity index (χ0v) is 8.82. The van der Waals surface area contributed by atoms with Crippen molar-refractivity contribution < 1.29 is 0 Å². The Morgan fingerprint density at radius 3 is 3.00 bits per heavy atom. The first-order valence-corrected chi connectivity index (χ1v) is 5.40. The van der Waals surface area contributed by atoms with Crippen LogP contribution in [-0.2, 0) is 0 Å². The van der Waals surface area contributed by atoms with Crippen LogP contribution in [0.15, 0.2) is 9.98 Å². The third-order valence-electron chi connectivity index (χ3n) is 3.75. The number of nitrogens with two attached hydrogens (primary N) is 2. The van der Waals surface area contributed by atoms with E-state index in [9.17, 15) is 0 Å². The van der Waals surface area contributed by atoms with Gasteiger partial charge in [0.15, 0.2) is 23.2 Å². The maximum absolute atomic E-state index is 5.94. The predicted octanol–water partition coefficient (Wildman–Crippen LogP) is -0.869. The highest BCUT2D eigenvalue weighted by atomic mass is 15.6. The van der Waals surface area contributed by atoms with Crippen molar-refractivity contribution in [3.8, 4) is 0 Å². The Kier molecular flexibility index (Phi) is 1.39. The number of hydrogen-bond acceptors (Lipinski definition) is 6. The fourth-order valence-electron chi connectivity index (χ4n) is 3.11. The maximum Gasteiger partial charge on any atom is 0.195 e. The van der Waals surface area contributed by atoms with Crippen LogP contribution in [0, 0.1) is 0 Å². The van der Waals surface area contributed by atoms with E-state index >= 15 is 0 Å². The Balaban J connectivity index is 2.15. The van der Waals surface area contributed by atoms with Gasteiger partial charge < -0.3 is 21.7 Å². The van der Waals surface area contributed by atoms with Gasteiger partial charge >= 0.3 is 0 Å². The predicted molar refractivity (Wildman–Crippen MR) is 58.1 cm³/mol. The van der Waals surface area contributed by atoms with Crippen LogP contribution in [0.2, 0.25) is 0 Å². The van der Waals surface area contributed by atoms with Crippen LogP contribution < -0.4 is 16.8 Å². The molecule has 0 unspecified atom stereocenters. The number of hydrogen-bond donors (Lipinski definition) is 3. The van der Waals surface area contributed by atoms with Crippen molar-refractivity contribution in [2.45, 2.75) is 37.5 Å². The summed E-state index contributed by atoms with van der Waals surface area (Å²) in [6.45, 7) is 3.01. The molecule has 0 aliphatic carbocycles. The standard InChI is InChI=1S/C9H16N6/c1-2-8-9(13-6(10)12-8)4-3-5-15(9)7(11)14-8/h2-5H2,1H3,(H2,11,14)(H3,10,12,13)/t8-,9+/m0/s1. The lowest BCUT2D eigenvalue weighted by atomic mass is 9.91. The van der Waals surface area contributed by atoms with E-state index in [1.54, 1.807) is 0 Å². The fourth-order valence-corrected chi connectivity index (χ4v) is 3.11. The summed E-state index contributed by atoms with van der Waals surface area (Å²) in [6.07, 6.45) is 2.91. The monoisotopic (exact) mass is 208 g/mol. The number of nitrogens with one attached hydrogen (secondary N) is 1. The van der Waals surface area contributed by atoms with Gasteiger partial charge in [0.2, 0.25) is 0 Å². The van der Waals surface area contributed by atoms with E-state index in [0.29, 0.717) is 11.9 Å². The number of guanidine groups is 2. The number of nitrogens with zero attached hydrogens (tertiary/aromatic N) is 3. The van der Waals surface area contributed by atoms with Gasteiger partial charge in [-0.15, -0.1) is 0 Å². The molecule has 0 saturated carbocycles. The molecular formula is C9H16N6. The third-order valence-corrected chi connectivity index (χ3v) is 3.75. The highest BCUT2D eigenvalue weighted by molar-refractivity contribution is 5.89. The van der Waals surface area contributed by atoms with Crippen molar-refractivity contribution in [2.75, 3.05) is 6.54 Å². The first-order chi connectivity index (χ1) is 7.13. The largest absolute Gasteiger partial charge is 0.370 e. The second kappa shape index (κ2) is 2.37. The molecule has 1 fully saturated rings. The van der Waals surface area contributed by atoms with E-state index < -0.39 is 5.66 Å². The lowest BCUT2D eigenvalue weighted by molar-refractivity contribution is 0.147. The van der Waals surface area contributed by atoms with Crippen LogP contribution in [0.3, 0.4) is 0 Å². The molecule has 0 bridgehead atoms. The fraction of sp³-hybridized carbons (Fsp3) is 0.778. The smallest absolute Gasteiger partial charge is 0.195 e. The molecule has 0 amide bonds. The molecule has 3 rings (SSSR count). The first-order valence-electron chi connectivity index (χ1n) is 5.40. The normalized spacial score (nSPS) is 42.1. The van der Waals surface area contributed by atoms with Crippen molar-refractivity contribution in [1.29, 1.82) is 0 Å². The summed E-state index contributed by atoms with van der Waals surface area (Å²) in [5.41, 5.74) is 11.0. The van der Waals surface area contributed by atoms with Gasteiger partial charge in [0.05, 0.1) is 0 Å². The Labute approximate surface area is 88.4 Å². The van der Waals surface area contributed by atoms with Crippen molar-refractivity contribution >= 4 is 11.9 Å². The molecule has 15 heavy (non-hydrogen) atoms. The van der Waals surface area contributed by atoms with Crippen LogP contribution in [0.1, 0.15) is 26.2 Å². The molecule has 0 aromatic carbocycles. The van der Waals surface area contributed by atoms with Crippen LogP contribution in [0.4, 0.5) is 0 Å². The number of rotatable bonds is 1. The van der Waals surface area contributed by atoms with Crippen molar-refractivity contribution in [3.05, 3.63) is 0 Å². The molecule has 0 aromatic heterocycles. The highest BCUT2D eigenvalue weighted by Crippen LogP contribution is 2.48. The Morgan fingerprint density at radius 1 is 1.47 bits per heavy atom. The summed E-state index contributed by atoms with van der Waals surface area (Å²) in [5, 5.41) is 3.19. The summed E-state index contributed by atoms with van der Waals surface area (Å²) in [4.78, 5) is 11.2. The van der Waals surface area contributed by atoms with E-state index in [1.807, 2.05) is 0 Å². The van der Waals surface area contributed by atoms with Crippen LogP contribution >= 0.6 is 0 Å². The summed E-state index contributed by atoms with van der Waals surface area (Å²) in [6, 6.07) is 0. The zero-order valence-electron chi connectivity index (χ0n) is 8.82. The first kappa shape index (κ1) is 8.82. The minimum absolute atomic E-state index is 0.337. The minimum atomic E-state index is -0.419. The van der Waals surface area contributed by atoms with Gasteiger partial charge in [0, 0.05) is 6.54 Å². The second-order valence-corrected chi connectivity index (χ2v) is 4.38. The molecule has 6 heteroatoms. The molecule has 1 spiro atoms. The molecule has 5 N–H and O–H groups in total. The van der Waals surface area contributed by atoms with Gasteiger partial charge in [0.25, 0.3) is 0 Å². The average Bonchev–Trinajstić information content (AvgIpc) is 2.75. The zero-order chi connectivity index (χ0) is 10.7. The van der Waals surface area contributed by atoms with Crippen molar-refractivity contribution in [2.24, 2.45) is 21.5 Å². The molecule has 82 valence electrons. The summed E-state index contributed by atoms with van der Waals surface area (Å²) < 4.78 is 0. The molecule has 3 aliphatic heterocycles. The van der Waals surface area contributed by atoms with E-state index in [2.05, 4.69) is 27.1 Å². The van der Waals surface area contributed by atoms with Gasteiger partial charge in [-0.2, -0.15) is 0 Å². The van der Waals surface area contributed by atoms with Gasteiger partial charge in [-0.3, -0.25) is 0 Å². The van der Waals surface area contributed by atoms with Gasteiger partial charge in [-0.1, -0.05) is 6.92 Å². The van der Waals surface area contributed by atoms with E-state index in [0.717, 1.165) is 25.8 Å². The Bertz CT molecular complexity index is 375. The highest BCUT2D eigenvalue weighted by Gasteiger charge is 2.65. The van der Waals surface area contributed by atoms with E-state index in [1.165, 1.54) is 0 Å². The van der Waals surface area contributed by atoms with Crippen LogP contribution in [-0.4, -0.2) is 34.7 Å². The SMILES string of the molecule is CC[C@]12N=C(N)N3CCC[C@@]31N=C(N)N2. The molecule has 2 atom stereocenters. The molecule has 0 radical (unpaired) electrons. The lowest BCUT2D eigenvalue weighted by Crippen LogP contribution is -2.58. The third kappa shape index (κ3) is 0.770. The molecule has 3 aliphatic rings. The molecule has 1 saturated heterocycles. The summed E-state index contributed by atoms with van der Waals surface area (Å²) in [5.74, 6) is 1.08. The van der Waals surface area contributed by atoms with Crippen molar-refractivity contribution in [1.82, 2.24) is 10.2 Å². The van der Waals surface area contributed by atoms with Gasteiger partial charge in [0.1, 0.15) is 0 Å². The quantitative estimate of drug-likeness (QED) is 0.522. The molecule has 0 aromatic rings. The van der Waals surface area contributed by atoms with Gasteiger partial charge in [-0.25, -0.2) is 9.98 Å². The molecular weight excluding hydrogens is 192 g/mol. The van der Waals surface area contributed by atoms with E-state index in [-0.39, 0.29) is 5.66 Å². The van der Waals surface area contributed by atoms with Gasteiger partial charge in [-0.05, 0) is 19.3 Å². The van der Waals surface area contributed by atoms with Crippen LogP contribution in [0.25, 0.3) is 0 Å². The molecule has 6 nitrogen and oxygen atoms in total. The topological polar surface area (TPSA) is 92.0 Å². The van der Waals surface area contributed by atoms with Crippen molar-refractivity contribution in [3.63, 3.8) is 0 Å². The maximum atomic E-state index is 5.94. The summed E-state index contributed by atoms with van der Waals surface area (Å²) >= 11 is 0. The number of aliphatic imine (C=N–C) groups is 2. The molecule has 3 heterocycles. The van der Waals surface area contributed by atoms with Crippen LogP contribution in [0.5, 0.6) is 0 Å². The second-order valence-electron chi connectivity index (χ2n) is 4.38. The summed E-state index contributed by atoms with van der Waals surface area (Å²) in [7, 11) is 0. The Morgan fingerprint density at radius 2 is 2.27 bits per heavy atom. The van der Waals surface area contributed by atoms with E-state index in [4.69, 9.17) is 11.5 Å².